The van der Waals surface area contributed by atoms with Crippen molar-refractivity contribution in [1.82, 2.24) is 15.1 Å². The van der Waals surface area contributed by atoms with Gasteiger partial charge in [0.15, 0.2) is 0 Å². The van der Waals surface area contributed by atoms with Gasteiger partial charge in [0.1, 0.15) is 0 Å². The molecule has 90 valence electrons. The Morgan fingerprint density at radius 1 is 1.33 bits per heavy atom. The van der Waals surface area contributed by atoms with E-state index in [0.717, 1.165) is 19.6 Å². The summed E-state index contributed by atoms with van der Waals surface area (Å²) in [5.41, 5.74) is 0. The lowest BCUT2D eigenvalue weighted by Gasteiger charge is -2.43. The van der Waals surface area contributed by atoms with Crippen molar-refractivity contribution in [3.63, 3.8) is 0 Å². The highest BCUT2D eigenvalue weighted by Gasteiger charge is 2.27. The van der Waals surface area contributed by atoms with Crippen LogP contribution in [0.4, 0.5) is 0 Å². The average molecular weight is 215 g/mol. The van der Waals surface area contributed by atoms with Gasteiger partial charge in [-0.25, -0.2) is 0 Å². The topological polar surface area (TPSA) is 38.7 Å². The predicted molar refractivity (Wildman–Crippen MR) is 63.1 cm³/mol. The van der Waals surface area contributed by atoms with Gasteiger partial charge in [-0.3, -0.25) is 9.80 Å². The zero-order valence-corrected chi connectivity index (χ0v) is 10.4. The van der Waals surface area contributed by atoms with Gasteiger partial charge in [-0.1, -0.05) is 0 Å². The number of aliphatic hydroxyl groups excluding tert-OH is 1. The largest absolute Gasteiger partial charge is 0.390 e. The maximum Gasteiger partial charge on any atom is 0.0791 e. The van der Waals surface area contributed by atoms with Gasteiger partial charge in [0.25, 0.3) is 0 Å². The molecule has 15 heavy (non-hydrogen) atoms. The molecule has 3 unspecified atom stereocenters. The molecule has 1 saturated heterocycles. The lowest BCUT2D eigenvalue weighted by Crippen LogP contribution is -2.56. The van der Waals surface area contributed by atoms with E-state index in [1.807, 2.05) is 7.05 Å². The highest BCUT2D eigenvalue weighted by atomic mass is 16.3. The van der Waals surface area contributed by atoms with Crippen LogP contribution in [0.1, 0.15) is 13.8 Å². The van der Waals surface area contributed by atoms with Crippen LogP contribution in [-0.4, -0.2) is 73.4 Å². The first-order valence-corrected chi connectivity index (χ1v) is 5.81. The van der Waals surface area contributed by atoms with Crippen LogP contribution in [-0.2, 0) is 0 Å². The summed E-state index contributed by atoms with van der Waals surface area (Å²) < 4.78 is 0. The van der Waals surface area contributed by atoms with Gasteiger partial charge in [0.2, 0.25) is 0 Å². The van der Waals surface area contributed by atoms with E-state index in [-0.39, 0.29) is 6.10 Å². The standard InChI is InChI=1S/C11H25N3O/c1-9-6-14(7-10(2)13(9)4)8-11(15)5-12-3/h9-12,15H,5-8H2,1-4H3. The van der Waals surface area contributed by atoms with Gasteiger partial charge in [-0.05, 0) is 27.9 Å². The second-order valence-electron chi connectivity index (χ2n) is 4.79. The minimum Gasteiger partial charge on any atom is -0.390 e. The molecule has 0 amide bonds. The molecular formula is C11H25N3O. The van der Waals surface area contributed by atoms with E-state index >= 15 is 0 Å². The molecule has 4 nitrogen and oxygen atoms in total. The summed E-state index contributed by atoms with van der Waals surface area (Å²) in [5.74, 6) is 0. The Morgan fingerprint density at radius 2 is 1.87 bits per heavy atom. The van der Waals surface area contributed by atoms with E-state index in [1.165, 1.54) is 0 Å². The van der Waals surface area contributed by atoms with Crippen LogP contribution in [0.2, 0.25) is 0 Å². The molecule has 1 aliphatic heterocycles. The molecule has 0 radical (unpaired) electrons. The summed E-state index contributed by atoms with van der Waals surface area (Å²) in [5, 5.41) is 12.7. The summed E-state index contributed by atoms with van der Waals surface area (Å²) in [4.78, 5) is 4.76. The van der Waals surface area contributed by atoms with Crippen molar-refractivity contribution >= 4 is 0 Å². The number of likely N-dealkylation sites (N-methyl/N-ethyl adjacent to an activating group) is 2. The third-order valence-corrected chi connectivity index (χ3v) is 3.34. The first kappa shape index (κ1) is 12.9. The van der Waals surface area contributed by atoms with Crippen LogP contribution in [0.5, 0.6) is 0 Å². The number of rotatable bonds is 4. The van der Waals surface area contributed by atoms with Gasteiger partial charge in [0.05, 0.1) is 6.10 Å². The summed E-state index contributed by atoms with van der Waals surface area (Å²) in [6.07, 6.45) is -0.252. The van der Waals surface area contributed by atoms with Crippen LogP contribution >= 0.6 is 0 Å². The monoisotopic (exact) mass is 215 g/mol. The smallest absolute Gasteiger partial charge is 0.0791 e. The fourth-order valence-corrected chi connectivity index (χ4v) is 2.26. The number of piperazine rings is 1. The van der Waals surface area contributed by atoms with Gasteiger partial charge in [-0.2, -0.15) is 0 Å². The van der Waals surface area contributed by atoms with Gasteiger partial charge < -0.3 is 10.4 Å². The van der Waals surface area contributed by atoms with Crippen molar-refractivity contribution in [2.24, 2.45) is 0 Å². The average Bonchev–Trinajstić information content (AvgIpc) is 2.14. The number of hydrogen-bond acceptors (Lipinski definition) is 4. The molecule has 1 rings (SSSR count). The summed E-state index contributed by atoms with van der Waals surface area (Å²) in [7, 11) is 4.05. The molecule has 1 fully saturated rings. The number of aliphatic hydroxyl groups is 1. The normalized spacial score (nSPS) is 31.8. The van der Waals surface area contributed by atoms with Crippen molar-refractivity contribution in [3.05, 3.63) is 0 Å². The Hall–Kier alpha value is -0.160. The van der Waals surface area contributed by atoms with Gasteiger partial charge >= 0.3 is 0 Å². The molecule has 0 bridgehead atoms. The molecule has 0 aromatic heterocycles. The van der Waals surface area contributed by atoms with Crippen molar-refractivity contribution in [2.75, 3.05) is 40.3 Å². The van der Waals surface area contributed by atoms with Crippen LogP contribution in [0.25, 0.3) is 0 Å². The number of hydrogen-bond donors (Lipinski definition) is 2. The molecule has 0 saturated carbocycles. The number of β-amino-alcohol motifs (C(OH)–C–C–N with tert-alkyl or cyclic N) is 1. The third kappa shape index (κ3) is 3.72. The Morgan fingerprint density at radius 3 is 2.33 bits per heavy atom. The van der Waals surface area contributed by atoms with Crippen LogP contribution < -0.4 is 5.32 Å². The molecule has 1 aliphatic rings. The molecule has 0 aromatic rings. The van der Waals surface area contributed by atoms with Crippen LogP contribution in [0.15, 0.2) is 0 Å². The molecule has 4 heteroatoms. The van der Waals surface area contributed by atoms with E-state index in [4.69, 9.17) is 0 Å². The summed E-state index contributed by atoms with van der Waals surface area (Å²) in [6.45, 7) is 8.06. The van der Waals surface area contributed by atoms with E-state index in [9.17, 15) is 5.11 Å². The maximum atomic E-state index is 9.72. The summed E-state index contributed by atoms with van der Waals surface area (Å²) >= 11 is 0. The Kier molecular flexibility index (Phi) is 4.99. The first-order valence-electron chi connectivity index (χ1n) is 5.81. The van der Waals surface area contributed by atoms with E-state index < -0.39 is 0 Å². The zero-order chi connectivity index (χ0) is 11.4. The molecule has 1 heterocycles. The lowest BCUT2D eigenvalue weighted by atomic mass is 10.1. The van der Waals surface area contributed by atoms with Crippen LogP contribution in [0, 0.1) is 0 Å². The van der Waals surface area contributed by atoms with Crippen LogP contribution in [0.3, 0.4) is 0 Å². The molecule has 2 N–H and O–H groups in total. The zero-order valence-electron chi connectivity index (χ0n) is 10.4. The second kappa shape index (κ2) is 5.80. The minimum atomic E-state index is -0.252. The molecule has 0 aromatic carbocycles. The van der Waals surface area contributed by atoms with Crippen molar-refractivity contribution in [2.45, 2.75) is 32.0 Å². The Bertz CT molecular complexity index is 177. The lowest BCUT2D eigenvalue weighted by molar-refractivity contribution is 0.0292. The Balaban J connectivity index is 2.37. The van der Waals surface area contributed by atoms with Gasteiger partial charge in [-0.15, -0.1) is 0 Å². The number of nitrogens with one attached hydrogen (secondary N) is 1. The second-order valence-corrected chi connectivity index (χ2v) is 4.79. The molecule has 0 aliphatic carbocycles. The Labute approximate surface area is 93.2 Å². The highest BCUT2D eigenvalue weighted by molar-refractivity contribution is 4.83. The van der Waals surface area contributed by atoms with Crippen molar-refractivity contribution in [3.8, 4) is 0 Å². The van der Waals surface area contributed by atoms with E-state index in [2.05, 4.69) is 36.0 Å². The maximum absolute atomic E-state index is 9.72. The van der Waals surface area contributed by atoms with E-state index in [0.29, 0.717) is 18.6 Å². The molecule has 3 atom stereocenters. The minimum absolute atomic E-state index is 0.252. The van der Waals surface area contributed by atoms with E-state index in [1.54, 1.807) is 0 Å². The molecular weight excluding hydrogens is 190 g/mol. The van der Waals surface area contributed by atoms with Gasteiger partial charge in [0, 0.05) is 38.3 Å². The number of nitrogens with zero attached hydrogens (tertiary/aromatic N) is 2. The highest BCUT2D eigenvalue weighted by Crippen LogP contribution is 2.13. The molecule has 0 spiro atoms. The van der Waals surface area contributed by atoms with Crippen molar-refractivity contribution in [1.29, 1.82) is 0 Å². The first-order chi connectivity index (χ1) is 7.04. The predicted octanol–water partition coefficient (Wildman–Crippen LogP) is -0.409. The summed E-state index contributed by atoms with van der Waals surface area (Å²) in [6, 6.07) is 1.16. The van der Waals surface area contributed by atoms with Crippen molar-refractivity contribution < 1.29 is 5.11 Å². The fourth-order valence-electron chi connectivity index (χ4n) is 2.26. The quantitative estimate of drug-likeness (QED) is 0.669. The fraction of sp³-hybridized carbons (Fsp3) is 1.00. The third-order valence-electron chi connectivity index (χ3n) is 3.34. The SMILES string of the molecule is CNCC(O)CN1CC(C)N(C)C(C)C1.